The van der Waals surface area contributed by atoms with Crippen molar-refractivity contribution in [3.8, 4) is 0 Å². The molecule has 1 aliphatic rings. The van der Waals surface area contributed by atoms with Crippen LogP contribution >= 0.6 is 15.2 Å². The van der Waals surface area contributed by atoms with Gasteiger partial charge in [0.2, 0.25) is 0 Å². The van der Waals surface area contributed by atoms with E-state index in [0.29, 0.717) is 19.4 Å². The fourth-order valence-electron chi connectivity index (χ4n) is 10.8. The molecule has 0 aromatic carbocycles. The molecule has 396 valence electrons. The average Bonchev–Trinajstić information content (AvgIpc) is 3.53. The Morgan fingerprint density at radius 3 is 0.833 bits per heavy atom. The van der Waals surface area contributed by atoms with Crippen LogP contribution in [0.4, 0.5) is 0 Å². The third-order valence-corrected chi connectivity index (χ3v) is 20.0. The molecular weight excluding hydrogens is 855 g/mol. The number of unbranched alkanes of at least 4 members (excludes halogenated alkanes) is 45. The fraction of sp³-hybridized carbons (Fsp3) is 1.00. The van der Waals surface area contributed by atoms with Crippen molar-refractivity contribution >= 4 is 15.2 Å². The summed E-state index contributed by atoms with van der Waals surface area (Å²) in [5.41, 5.74) is 0. The molecule has 0 saturated carbocycles. The van der Waals surface area contributed by atoms with Crippen molar-refractivity contribution in [3.05, 3.63) is 0 Å². The van der Waals surface area contributed by atoms with Crippen molar-refractivity contribution in [2.75, 3.05) is 6.61 Å². The van der Waals surface area contributed by atoms with Crippen molar-refractivity contribution in [2.24, 2.45) is 0 Å². The van der Waals surface area contributed by atoms with Gasteiger partial charge in [0.1, 0.15) is 0 Å². The summed E-state index contributed by atoms with van der Waals surface area (Å²) in [6, 6.07) is 0. The van der Waals surface area contributed by atoms with E-state index < -0.39 is 25.7 Å². The van der Waals surface area contributed by atoms with Gasteiger partial charge in [0.15, 0.2) is 5.34 Å². The second-order valence-electron chi connectivity index (χ2n) is 22.0. The summed E-state index contributed by atoms with van der Waals surface area (Å²) in [5.74, 6) is 0. The zero-order valence-corrected chi connectivity index (χ0v) is 47.0. The van der Waals surface area contributed by atoms with Crippen LogP contribution < -0.4 is 0 Å². The predicted octanol–water partition coefficient (Wildman–Crippen LogP) is 21.8. The van der Waals surface area contributed by atoms with Crippen LogP contribution in [0, 0.1) is 0 Å². The second-order valence-corrected chi connectivity index (χ2v) is 26.4. The minimum atomic E-state index is -4.69. The molecule has 0 aromatic rings. The summed E-state index contributed by atoms with van der Waals surface area (Å²) in [4.78, 5) is 21.2. The minimum Gasteiger partial charge on any atom is -0.322 e. The number of rotatable bonds is 53. The zero-order chi connectivity index (χ0) is 48.2. The standard InChI is InChI=1S/C58H118O6P2/c1-5-8-11-14-17-20-23-26-29-32-35-38-41-44-47-50-53-58(54-51-48-45-42-39-36-33-30-27-24-21-18-15-12-9-6-2)56-57(4,65(59,60)61)64-66(58,62)63-55-52-49-46-43-40-37-34-31-28-25-22-19-16-13-10-7-3/h5-56H2,1-4H3,(H2,59,60,61). The van der Waals surface area contributed by atoms with Crippen LogP contribution in [0.15, 0.2) is 0 Å². The van der Waals surface area contributed by atoms with Crippen molar-refractivity contribution in [3.63, 3.8) is 0 Å². The van der Waals surface area contributed by atoms with Crippen LogP contribution in [0.25, 0.3) is 0 Å². The molecule has 0 bridgehead atoms. The van der Waals surface area contributed by atoms with Crippen molar-refractivity contribution in [1.82, 2.24) is 0 Å². The van der Waals surface area contributed by atoms with E-state index in [-0.39, 0.29) is 6.42 Å². The van der Waals surface area contributed by atoms with Gasteiger partial charge < -0.3 is 14.3 Å². The minimum absolute atomic E-state index is 0.123. The highest BCUT2D eigenvalue weighted by atomic mass is 31.2. The van der Waals surface area contributed by atoms with Crippen molar-refractivity contribution < 1.29 is 28.0 Å². The van der Waals surface area contributed by atoms with Gasteiger partial charge in [-0.2, -0.15) is 0 Å². The van der Waals surface area contributed by atoms with E-state index in [2.05, 4.69) is 20.8 Å². The van der Waals surface area contributed by atoms with Gasteiger partial charge in [-0.15, -0.1) is 0 Å². The molecule has 8 heteroatoms. The fourth-order valence-corrected chi connectivity index (χ4v) is 15.0. The zero-order valence-electron chi connectivity index (χ0n) is 45.2. The second kappa shape index (κ2) is 44.0. The molecule has 0 aliphatic carbocycles. The van der Waals surface area contributed by atoms with Crippen molar-refractivity contribution in [1.29, 1.82) is 0 Å². The topological polar surface area (TPSA) is 93.1 Å². The number of hydrogen-bond donors (Lipinski definition) is 2. The Morgan fingerprint density at radius 2 is 0.606 bits per heavy atom. The summed E-state index contributed by atoms with van der Waals surface area (Å²) in [7, 11) is -8.48. The lowest BCUT2D eigenvalue weighted by Gasteiger charge is -2.33. The quantitative estimate of drug-likeness (QED) is 0.0466. The lowest BCUT2D eigenvalue weighted by molar-refractivity contribution is 0.126. The SMILES string of the molecule is CCCCCCCCCCCCCCCCCCOP1(=O)OC(C)(P(=O)(O)O)CC1(CCCCCCCCCCCCCCCCCC)CCCCCCCCCCCCCCCCCC. The Balaban J connectivity index is 2.59. The van der Waals surface area contributed by atoms with Gasteiger partial charge in [0, 0.05) is 6.42 Å². The van der Waals surface area contributed by atoms with Gasteiger partial charge in [-0.05, 0) is 26.2 Å². The lowest BCUT2D eigenvalue weighted by Crippen LogP contribution is -2.31. The maximum atomic E-state index is 15.1. The van der Waals surface area contributed by atoms with Gasteiger partial charge in [-0.1, -0.05) is 323 Å². The molecule has 1 rings (SSSR count). The van der Waals surface area contributed by atoms with E-state index in [4.69, 9.17) is 9.05 Å². The first-order chi connectivity index (χ1) is 32.1. The van der Waals surface area contributed by atoms with Gasteiger partial charge in [0.05, 0.1) is 11.8 Å². The highest BCUT2D eigenvalue weighted by Crippen LogP contribution is 2.79. The van der Waals surface area contributed by atoms with Crippen LogP contribution in [0.2, 0.25) is 0 Å². The molecule has 6 nitrogen and oxygen atoms in total. The third-order valence-electron chi connectivity index (χ3n) is 15.4. The van der Waals surface area contributed by atoms with Gasteiger partial charge in [-0.25, -0.2) is 0 Å². The molecule has 1 aliphatic heterocycles. The third kappa shape index (κ3) is 33.0. The maximum absolute atomic E-state index is 15.1. The summed E-state index contributed by atoms with van der Waals surface area (Å²) >= 11 is 0. The first-order valence-corrected chi connectivity index (χ1v) is 33.3. The van der Waals surface area contributed by atoms with Crippen LogP contribution in [-0.4, -0.2) is 26.9 Å². The smallest absolute Gasteiger partial charge is 0.322 e. The maximum Gasteiger partial charge on any atom is 0.357 e. The van der Waals surface area contributed by atoms with E-state index in [9.17, 15) is 14.4 Å². The molecule has 66 heavy (non-hydrogen) atoms. The summed E-state index contributed by atoms with van der Waals surface area (Å²) in [6.07, 6.45) is 63.7. The molecule has 0 amide bonds. The molecule has 1 fully saturated rings. The van der Waals surface area contributed by atoms with Gasteiger partial charge in [0.25, 0.3) is 0 Å². The predicted molar refractivity (Wildman–Crippen MR) is 290 cm³/mol. The monoisotopic (exact) mass is 973 g/mol. The van der Waals surface area contributed by atoms with Crippen molar-refractivity contribution in [2.45, 2.75) is 366 Å². The largest absolute Gasteiger partial charge is 0.357 e. The molecule has 2 N–H and O–H groups in total. The Bertz CT molecular complexity index is 1090. The molecule has 0 aromatic heterocycles. The molecule has 2 atom stereocenters. The molecule has 1 heterocycles. The first kappa shape index (κ1) is 64.3. The average molecular weight is 974 g/mol. The summed E-state index contributed by atoms with van der Waals surface area (Å²) < 4.78 is 40.6. The molecule has 0 radical (unpaired) electrons. The normalized spacial score (nSPS) is 18.5. The highest BCUT2D eigenvalue weighted by Gasteiger charge is 2.67. The van der Waals surface area contributed by atoms with Crippen LogP contribution in [-0.2, 0) is 18.2 Å². The van der Waals surface area contributed by atoms with Crippen LogP contribution in [0.1, 0.15) is 355 Å². The Hall–Kier alpha value is 0.300. The molecule has 0 spiro atoms. The molecule has 2 unspecified atom stereocenters. The van der Waals surface area contributed by atoms with Crippen LogP contribution in [0.3, 0.4) is 0 Å². The molecule has 1 saturated heterocycles. The first-order valence-electron chi connectivity index (χ1n) is 30.1. The Kier molecular flexibility index (Phi) is 42.9. The van der Waals surface area contributed by atoms with E-state index in [1.165, 1.54) is 257 Å². The van der Waals surface area contributed by atoms with E-state index in [1.54, 1.807) is 0 Å². The summed E-state index contributed by atoms with van der Waals surface area (Å²) in [5, 5.41) is -2.59. The van der Waals surface area contributed by atoms with E-state index in [0.717, 1.165) is 57.8 Å². The van der Waals surface area contributed by atoms with Gasteiger partial charge >= 0.3 is 15.2 Å². The lowest BCUT2D eigenvalue weighted by atomic mass is 9.88. The Labute approximate surface area is 413 Å². The number of hydrogen-bond acceptors (Lipinski definition) is 4. The van der Waals surface area contributed by atoms with E-state index in [1.807, 2.05) is 0 Å². The van der Waals surface area contributed by atoms with Crippen LogP contribution in [0.5, 0.6) is 0 Å². The summed E-state index contributed by atoms with van der Waals surface area (Å²) in [6.45, 7) is 8.70. The Morgan fingerprint density at radius 1 is 0.394 bits per heavy atom. The van der Waals surface area contributed by atoms with Gasteiger partial charge in [-0.3, -0.25) is 13.7 Å². The molecular formula is C58H118O6P2. The van der Waals surface area contributed by atoms with E-state index >= 15 is 4.57 Å². The highest BCUT2D eigenvalue weighted by molar-refractivity contribution is 7.59.